The van der Waals surface area contributed by atoms with E-state index in [1.807, 2.05) is 0 Å². The molecule has 0 spiro atoms. The van der Waals surface area contributed by atoms with Crippen LogP contribution in [0.5, 0.6) is 0 Å². The molecule has 2 aliphatic heterocycles. The molecule has 6 bridgehead atoms. The van der Waals surface area contributed by atoms with Crippen LogP contribution in [0.3, 0.4) is 0 Å². The van der Waals surface area contributed by atoms with Crippen molar-refractivity contribution in [2.45, 2.75) is 43.9 Å². The summed E-state index contributed by atoms with van der Waals surface area (Å²) in [5.41, 5.74) is 0. The zero-order chi connectivity index (χ0) is 12.2. The number of halogens is 3. The van der Waals surface area contributed by atoms with Gasteiger partial charge in [0.15, 0.2) is 0 Å². The minimum absolute atomic E-state index is 0.178. The van der Waals surface area contributed by atoms with Gasteiger partial charge in [0.25, 0.3) is 6.29 Å². The van der Waals surface area contributed by atoms with Crippen molar-refractivity contribution in [2.24, 2.45) is 35.5 Å². The molecule has 6 fully saturated rings. The monoisotopic (exact) mass is 260 g/mol. The molecule has 8 unspecified atom stereocenters. The van der Waals surface area contributed by atoms with Crippen LogP contribution in [0.25, 0.3) is 0 Å². The number of rotatable bonds is 0. The van der Waals surface area contributed by atoms with Gasteiger partial charge >= 0.3 is 6.18 Å². The van der Waals surface area contributed by atoms with E-state index in [1.54, 1.807) is 0 Å². The van der Waals surface area contributed by atoms with Crippen molar-refractivity contribution in [3.63, 3.8) is 0 Å². The van der Waals surface area contributed by atoms with Gasteiger partial charge in [0.05, 0.1) is 12.2 Å². The van der Waals surface area contributed by atoms with Crippen LogP contribution in [0, 0.1) is 35.5 Å². The maximum absolute atomic E-state index is 12.9. The minimum Gasteiger partial charge on any atom is -0.341 e. The SMILES string of the molecule is FC(F)(F)C1OC2C3CC4CC5CC3C(O1)C5C42. The molecule has 0 aromatic carbocycles. The lowest BCUT2D eigenvalue weighted by atomic mass is 9.75. The highest BCUT2D eigenvalue weighted by Gasteiger charge is 2.72. The molecule has 5 heteroatoms. The van der Waals surface area contributed by atoms with Crippen LogP contribution < -0.4 is 0 Å². The van der Waals surface area contributed by atoms with Gasteiger partial charge in [-0.3, -0.25) is 0 Å². The Morgan fingerprint density at radius 3 is 1.72 bits per heavy atom. The van der Waals surface area contributed by atoms with Gasteiger partial charge < -0.3 is 9.47 Å². The molecule has 8 atom stereocenters. The third-order valence-electron chi connectivity index (χ3n) is 6.27. The topological polar surface area (TPSA) is 18.5 Å². The number of hydrogen-bond acceptors (Lipinski definition) is 2. The highest BCUT2D eigenvalue weighted by atomic mass is 19.4. The van der Waals surface area contributed by atoms with Gasteiger partial charge in [-0.25, -0.2) is 0 Å². The summed E-state index contributed by atoms with van der Waals surface area (Å²) in [6.07, 6.45) is -3.34. The molecule has 0 aromatic rings. The normalized spacial score (nSPS) is 63.8. The first-order valence-electron chi connectivity index (χ1n) is 6.91. The van der Waals surface area contributed by atoms with Gasteiger partial charge in [0.2, 0.25) is 0 Å². The molecule has 0 amide bonds. The molecule has 100 valence electrons. The Kier molecular flexibility index (Phi) is 1.69. The molecule has 6 rings (SSSR count). The predicted octanol–water partition coefficient (Wildman–Crippen LogP) is 2.58. The van der Waals surface area contributed by atoms with Crippen LogP contribution in [0.2, 0.25) is 0 Å². The standard InChI is InChI=1S/C13H15F3O2/c14-13(15,16)12-17-10-6-2-4-1-5-3-7(6)11(18-12)9(5)8(4)10/h4-12H,1-3H2. The predicted molar refractivity (Wildman–Crippen MR) is 54.4 cm³/mol. The van der Waals surface area contributed by atoms with Crippen molar-refractivity contribution in [1.82, 2.24) is 0 Å². The van der Waals surface area contributed by atoms with Gasteiger partial charge in [0.1, 0.15) is 0 Å². The summed E-state index contributed by atoms with van der Waals surface area (Å²) in [7, 11) is 0. The molecule has 0 aromatic heterocycles. The molecular formula is C13H15F3O2. The highest BCUT2D eigenvalue weighted by molar-refractivity contribution is 5.18. The van der Waals surface area contributed by atoms with E-state index in [0.29, 0.717) is 35.5 Å². The van der Waals surface area contributed by atoms with Crippen molar-refractivity contribution < 1.29 is 22.6 Å². The molecule has 18 heavy (non-hydrogen) atoms. The third-order valence-corrected chi connectivity index (χ3v) is 6.27. The van der Waals surface area contributed by atoms with Crippen LogP contribution in [0.1, 0.15) is 19.3 Å². The summed E-state index contributed by atoms with van der Waals surface area (Å²) in [5, 5.41) is 0. The lowest BCUT2D eigenvalue weighted by molar-refractivity contribution is -0.319. The van der Waals surface area contributed by atoms with Crippen molar-refractivity contribution in [3.05, 3.63) is 0 Å². The van der Waals surface area contributed by atoms with E-state index in [0.717, 1.165) is 12.8 Å². The second-order valence-electron chi connectivity index (χ2n) is 6.78. The van der Waals surface area contributed by atoms with Crippen LogP contribution in [-0.2, 0) is 9.47 Å². The Labute approximate surface area is 103 Å². The number of fused-ring (bicyclic) bond motifs is 2. The minimum atomic E-state index is -4.38. The summed E-state index contributed by atoms with van der Waals surface area (Å²) in [4.78, 5) is 0. The van der Waals surface area contributed by atoms with Crippen LogP contribution >= 0.6 is 0 Å². The zero-order valence-electron chi connectivity index (χ0n) is 9.77. The first kappa shape index (κ1) is 10.5. The van der Waals surface area contributed by atoms with Gasteiger partial charge in [-0.1, -0.05) is 0 Å². The summed E-state index contributed by atoms with van der Waals surface area (Å²) >= 11 is 0. The smallest absolute Gasteiger partial charge is 0.341 e. The summed E-state index contributed by atoms with van der Waals surface area (Å²) < 4.78 is 49.5. The largest absolute Gasteiger partial charge is 0.440 e. The molecule has 6 aliphatic rings. The summed E-state index contributed by atoms with van der Waals surface area (Å²) in [5.74, 6) is 2.61. The molecule has 0 N–H and O–H groups in total. The van der Waals surface area contributed by atoms with E-state index in [9.17, 15) is 13.2 Å². The average molecular weight is 260 g/mol. The Morgan fingerprint density at radius 1 is 0.778 bits per heavy atom. The van der Waals surface area contributed by atoms with Gasteiger partial charge in [-0.15, -0.1) is 0 Å². The Bertz CT molecular complexity index is 380. The number of alkyl halides is 3. The fraction of sp³-hybridized carbons (Fsp3) is 1.00. The molecule has 0 radical (unpaired) electrons. The van der Waals surface area contributed by atoms with E-state index in [1.165, 1.54) is 6.42 Å². The Hall–Kier alpha value is -0.290. The molecular weight excluding hydrogens is 245 g/mol. The van der Waals surface area contributed by atoms with E-state index in [2.05, 4.69) is 0 Å². The number of hydrogen-bond donors (Lipinski definition) is 0. The number of ether oxygens (including phenoxy) is 2. The average Bonchev–Trinajstić information content (AvgIpc) is 2.64. The Balaban J connectivity index is 1.61. The van der Waals surface area contributed by atoms with E-state index in [4.69, 9.17) is 9.47 Å². The van der Waals surface area contributed by atoms with E-state index in [-0.39, 0.29) is 12.2 Å². The highest BCUT2D eigenvalue weighted by Crippen LogP contribution is 2.70. The maximum Gasteiger partial charge on any atom is 0.440 e. The summed E-state index contributed by atoms with van der Waals surface area (Å²) in [6, 6.07) is 0. The first-order valence-corrected chi connectivity index (χ1v) is 6.91. The fourth-order valence-electron chi connectivity index (χ4n) is 6.04. The van der Waals surface area contributed by atoms with Crippen molar-refractivity contribution in [3.8, 4) is 0 Å². The Morgan fingerprint density at radius 2 is 1.28 bits per heavy atom. The molecule has 2 saturated heterocycles. The molecule has 4 aliphatic carbocycles. The lowest BCUT2D eigenvalue weighted by Crippen LogP contribution is -2.41. The van der Waals surface area contributed by atoms with Crippen LogP contribution in [0.15, 0.2) is 0 Å². The van der Waals surface area contributed by atoms with Crippen LogP contribution in [0.4, 0.5) is 13.2 Å². The van der Waals surface area contributed by atoms with Gasteiger partial charge in [-0.2, -0.15) is 13.2 Å². The quantitative estimate of drug-likeness (QED) is 0.666. The molecule has 2 heterocycles. The fourth-order valence-corrected chi connectivity index (χ4v) is 6.04. The van der Waals surface area contributed by atoms with Gasteiger partial charge in [0, 0.05) is 0 Å². The second kappa shape index (κ2) is 2.90. The van der Waals surface area contributed by atoms with E-state index < -0.39 is 12.5 Å². The zero-order valence-corrected chi connectivity index (χ0v) is 9.77. The van der Waals surface area contributed by atoms with Crippen molar-refractivity contribution >= 4 is 0 Å². The third kappa shape index (κ3) is 1.02. The first-order chi connectivity index (χ1) is 8.54. The van der Waals surface area contributed by atoms with Crippen molar-refractivity contribution in [2.75, 3.05) is 0 Å². The molecule has 2 nitrogen and oxygen atoms in total. The van der Waals surface area contributed by atoms with E-state index >= 15 is 0 Å². The maximum atomic E-state index is 12.9. The molecule has 4 saturated carbocycles. The van der Waals surface area contributed by atoms with Gasteiger partial charge in [-0.05, 0) is 54.8 Å². The summed E-state index contributed by atoms with van der Waals surface area (Å²) in [6.45, 7) is 0. The van der Waals surface area contributed by atoms with Crippen LogP contribution in [-0.4, -0.2) is 24.7 Å². The second-order valence-corrected chi connectivity index (χ2v) is 6.78. The lowest BCUT2D eigenvalue weighted by Gasteiger charge is -2.35. The van der Waals surface area contributed by atoms with Crippen molar-refractivity contribution in [1.29, 1.82) is 0 Å².